The molecule has 2 rings (SSSR count). The summed E-state index contributed by atoms with van der Waals surface area (Å²) in [6, 6.07) is 15.2. The molecule has 4 nitrogen and oxygen atoms in total. The lowest BCUT2D eigenvalue weighted by Crippen LogP contribution is -2.28. The van der Waals surface area contributed by atoms with Gasteiger partial charge in [0.05, 0.1) is 20.3 Å². The van der Waals surface area contributed by atoms with Crippen LogP contribution >= 0.6 is 0 Å². The summed E-state index contributed by atoms with van der Waals surface area (Å²) in [5.41, 5.74) is 2.00. The normalized spacial score (nSPS) is 10.4. The zero-order valence-corrected chi connectivity index (χ0v) is 12.9. The fourth-order valence-corrected chi connectivity index (χ4v) is 2.39. The van der Waals surface area contributed by atoms with Crippen molar-refractivity contribution in [2.75, 3.05) is 20.8 Å². The van der Waals surface area contributed by atoms with E-state index >= 15 is 0 Å². The highest BCUT2D eigenvalue weighted by atomic mass is 16.5. The zero-order chi connectivity index (χ0) is 15.9. The van der Waals surface area contributed by atoms with Crippen LogP contribution in [0.25, 0.3) is 0 Å². The molecular formula is C18H20NO3. The van der Waals surface area contributed by atoms with E-state index in [9.17, 15) is 4.79 Å². The van der Waals surface area contributed by atoms with Gasteiger partial charge in [0, 0.05) is 6.54 Å². The maximum absolute atomic E-state index is 11.4. The molecule has 0 aliphatic carbocycles. The van der Waals surface area contributed by atoms with Gasteiger partial charge in [-0.05, 0) is 42.3 Å². The lowest BCUT2D eigenvalue weighted by molar-refractivity contribution is -0.119. The van der Waals surface area contributed by atoms with Gasteiger partial charge >= 0.3 is 0 Å². The third-order valence-electron chi connectivity index (χ3n) is 3.59. The van der Waals surface area contributed by atoms with Crippen LogP contribution < -0.4 is 9.47 Å². The van der Waals surface area contributed by atoms with E-state index in [1.165, 1.54) is 0 Å². The van der Waals surface area contributed by atoms with Crippen molar-refractivity contribution in [3.05, 3.63) is 66.6 Å². The Hall–Kier alpha value is -2.49. The minimum absolute atomic E-state index is 0.188. The van der Waals surface area contributed by atoms with Crippen LogP contribution in [0.4, 0.5) is 0 Å². The molecule has 0 fully saturated rings. The molecule has 0 aliphatic heterocycles. The molecule has 1 radical (unpaired) electrons. The van der Waals surface area contributed by atoms with E-state index in [-0.39, 0.29) is 6.04 Å². The van der Waals surface area contributed by atoms with Gasteiger partial charge in [0.1, 0.15) is 11.5 Å². The number of ether oxygens (including phenoxy) is 2. The van der Waals surface area contributed by atoms with Gasteiger partial charge in [0.15, 0.2) is 0 Å². The van der Waals surface area contributed by atoms with E-state index in [1.807, 2.05) is 48.5 Å². The summed E-state index contributed by atoms with van der Waals surface area (Å²) in [7, 11) is 3.26. The van der Waals surface area contributed by atoms with E-state index in [0.29, 0.717) is 6.54 Å². The molecule has 1 amide bonds. The van der Waals surface area contributed by atoms with Gasteiger partial charge in [-0.1, -0.05) is 24.3 Å². The Morgan fingerprint density at radius 3 is 1.64 bits per heavy atom. The molecule has 2 aromatic carbocycles. The number of hydrogen-bond donors (Lipinski definition) is 0. The predicted molar refractivity (Wildman–Crippen MR) is 86.0 cm³/mol. The van der Waals surface area contributed by atoms with Crippen molar-refractivity contribution in [1.29, 1.82) is 0 Å². The van der Waals surface area contributed by atoms with E-state index in [1.54, 1.807) is 19.1 Å². The van der Waals surface area contributed by atoms with E-state index in [4.69, 9.17) is 9.47 Å². The quantitative estimate of drug-likeness (QED) is 0.737. The molecule has 0 saturated carbocycles. The Kier molecular flexibility index (Phi) is 5.42. The van der Waals surface area contributed by atoms with Gasteiger partial charge < -0.3 is 14.4 Å². The lowest BCUT2D eigenvalue weighted by atomic mass is 9.97. The minimum atomic E-state index is -0.188. The predicted octanol–water partition coefficient (Wildman–Crippen LogP) is 3.09. The summed E-state index contributed by atoms with van der Waals surface area (Å²) >= 11 is 0. The van der Waals surface area contributed by atoms with Gasteiger partial charge in [-0.15, -0.1) is 0 Å². The molecule has 0 aliphatic rings. The SMILES string of the molecule is [CH2]CN(C=O)C(c1ccc(OC)cc1)c1ccc(OC)cc1. The maximum atomic E-state index is 11.4. The van der Waals surface area contributed by atoms with E-state index < -0.39 is 0 Å². The van der Waals surface area contributed by atoms with Crippen molar-refractivity contribution < 1.29 is 14.3 Å². The number of hydrogen-bond acceptors (Lipinski definition) is 3. The average Bonchev–Trinajstić information content (AvgIpc) is 2.60. The number of amides is 1. The average molecular weight is 298 g/mol. The highest BCUT2D eigenvalue weighted by molar-refractivity contribution is 5.52. The van der Waals surface area contributed by atoms with Crippen LogP contribution in [0, 0.1) is 6.92 Å². The number of carbonyl (C=O) groups is 1. The number of methoxy groups -OCH3 is 2. The van der Waals surface area contributed by atoms with Crippen LogP contribution in [0.3, 0.4) is 0 Å². The molecule has 22 heavy (non-hydrogen) atoms. The third kappa shape index (κ3) is 3.39. The second kappa shape index (κ2) is 7.50. The monoisotopic (exact) mass is 298 g/mol. The molecule has 115 valence electrons. The Morgan fingerprint density at radius 2 is 1.36 bits per heavy atom. The first-order valence-electron chi connectivity index (χ1n) is 7.01. The Bertz CT molecular complexity index is 545. The van der Waals surface area contributed by atoms with Crippen LogP contribution in [0.15, 0.2) is 48.5 Å². The second-order valence-electron chi connectivity index (χ2n) is 4.79. The second-order valence-corrected chi connectivity index (χ2v) is 4.79. The van der Waals surface area contributed by atoms with Gasteiger partial charge in [-0.25, -0.2) is 0 Å². The Labute approximate surface area is 131 Å². The molecule has 0 saturated heterocycles. The lowest BCUT2D eigenvalue weighted by Gasteiger charge is -2.28. The fourth-order valence-electron chi connectivity index (χ4n) is 2.39. The summed E-state index contributed by atoms with van der Waals surface area (Å²) in [4.78, 5) is 13.1. The summed E-state index contributed by atoms with van der Waals surface area (Å²) in [6.45, 7) is 4.22. The van der Waals surface area contributed by atoms with Crippen LogP contribution in [0.1, 0.15) is 17.2 Å². The molecule has 0 atom stereocenters. The number of rotatable bonds is 7. The summed E-state index contributed by atoms with van der Waals surface area (Å²) in [6.07, 6.45) is 0.826. The molecule has 0 unspecified atom stereocenters. The Morgan fingerprint density at radius 1 is 0.955 bits per heavy atom. The molecule has 0 spiro atoms. The Balaban J connectivity index is 2.42. The molecule has 4 heteroatoms. The van der Waals surface area contributed by atoms with Crippen LogP contribution in [-0.4, -0.2) is 32.1 Å². The topological polar surface area (TPSA) is 38.8 Å². The number of nitrogens with zero attached hydrogens (tertiary/aromatic N) is 1. The van der Waals surface area contributed by atoms with Gasteiger partial charge in [-0.3, -0.25) is 4.79 Å². The van der Waals surface area contributed by atoms with Crippen molar-refractivity contribution >= 4 is 6.41 Å². The first-order chi connectivity index (χ1) is 10.7. The van der Waals surface area contributed by atoms with Crippen molar-refractivity contribution in [2.45, 2.75) is 6.04 Å². The van der Waals surface area contributed by atoms with E-state index in [0.717, 1.165) is 29.0 Å². The molecule has 0 aromatic heterocycles. The summed E-state index contributed by atoms with van der Waals surface area (Å²) in [5, 5.41) is 0. The van der Waals surface area contributed by atoms with Crippen molar-refractivity contribution in [1.82, 2.24) is 4.90 Å². The van der Waals surface area contributed by atoms with Crippen LogP contribution in [0.5, 0.6) is 11.5 Å². The molecule has 0 heterocycles. The first kappa shape index (κ1) is 15.9. The van der Waals surface area contributed by atoms with Crippen molar-refractivity contribution in [3.63, 3.8) is 0 Å². The third-order valence-corrected chi connectivity index (χ3v) is 3.59. The highest BCUT2D eigenvalue weighted by Crippen LogP contribution is 2.30. The van der Waals surface area contributed by atoms with Gasteiger partial charge in [0.2, 0.25) is 6.41 Å². The van der Waals surface area contributed by atoms with Crippen LogP contribution in [0.2, 0.25) is 0 Å². The standard InChI is InChI=1S/C18H20NO3/c1-4-19(13-20)18(14-5-9-16(21-2)10-6-14)15-7-11-17(22-3)12-8-15/h5-13,18H,1,4H2,2-3H3. The summed E-state index contributed by atoms with van der Waals surface area (Å²) in [5.74, 6) is 1.56. The van der Waals surface area contributed by atoms with E-state index in [2.05, 4.69) is 6.92 Å². The smallest absolute Gasteiger partial charge is 0.210 e. The van der Waals surface area contributed by atoms with Gasteiger partial charge in [0.25, 0.3) is 0 Å². The fraction of sp³-hybridized carbons (Fsp3) is 0.222. The molecule has 2 aromatic rings. The summed E-state index contributed by atoms with van der Waals surface area (Å²) < 4.78 is 10.4. The molecule has 0 bridgehead atoms. The van der Waals surface area contributed by atoms with Crippen LogP contribution in [-0.2, 0) is 4.79 Å². The zero-order valence-electron chi connectivity index (χ0n) is 12.9. The maximum Gasteiger partial charge on any atom is 0.210 e. The minimum Gasteiger partial charge on any atom is -0.497 e. The van der Waals surface area contributed by atoms with Gasteiger partial charge in [-0.2, -0.15) is 0 Å². The number of carbonyl (C=O) groups excluding carboxylic acids is 1. The van der Waals surface area contributed by atoms with Crippen molar-refractivity contribution in [3.8, 4) is 11.5 Å². The molecule has 0 N–H and O–H groups in total. The molecular weight excluding hydrogens is 278 g/mol. The highest BCUT2D eigenvalue weighted by Gasteiger charge is 2.20. The largest absolute Gasteiger partial charge is 0.497 e. The number of benzene rings is 2. The first-order valence-corrected chi connectivity index (χ1v) is 7.01. The van der Waals surface area contributed by atoms with Crippen molar-refractivity contribution in [2.24, 2.45) is 0 Å².